The molecule has 0 spiro atoms. The minimum absolute atomic E-state index is 0.116. The van der Waals surface area contributed by atoms with Crippen LogP contribution in [0.25, 0.3) is 0 Å². The first-order valence-electron chi connectivity index (χ1n) is 37.5. The van der Waals surface area contributed by atoms with Gasteiger partial charge in [-0.15, -0.1) is 0 Å². The fraction of sp³-hybridized carbons (Fsp3) is 0.772. The molecule has 6 N–H and O–H groups in total. The molecule has 520 valence electrons. The first-order valence-corrected chi connectivity index (χ1v) is 37.5. The molecule has 1 aliphatic rings. The van der Waals surface area contributed by atoms with E-state index in [1.54, 1.807) is 6.08 Å². The maximum atomic E-state index is 13.5. The van der Waals surface area contributed by atoms with Gasteiger partial charge < -0.3 is 45.1 Å². The van der Waals surface area contributed by atoms with Crippen molar-refractivity contribution in [2.75, 3.05) is 13.2 Å². The molecule has 0 aliphatic carbocycles. The van der Waals surface area contributed by atoms with Crippen molar-refractivity contribution < 1.29 is 49.3 Å². The van der Waals surface area contributed by atoms with Crippen molar-refractivity contribution in [3.05, 3.63) is 97.2 Å². The molecule has 90 heavy (non-hydrogen) atoms. The highest BCUT2D eigenvalue weighted by atomic mass is 16.7. The summed E-state index contributed by atoms with van der Waals surface area (Å²) in [7, 11) is 0. The summed E-state index contributed by atoms with van der Waals surface area (Å²) in [5, 5.41) is 57.3. The van der Waals surface area contributed by atoms with Crippen molar-refractivity contribution in [2.24, 2.45) is 0 Å². The lowest BCUT2D eigenvalue weighted by molar-refractivity contribution is -0.305. The average molecular weight is 1260 g/mol. The Morgan fingerprint density at radius 3 is 1.17 bits per heavy atom. The molecule has 1 fully saturated rings. The van der Waals surface area contributed by atoms with Crippen LogP contribution in [-0.2, 0) is 23.8 Å². The lowest BCUT2D eigenvalue weighted by atomic mass is 9.99. The van der Waals surface area contributed by atoms with Crippen LogP contribution in [0, 0.1) is 0 Å². The van der Waals surface area contributed by atoms with Gasteiger partial charge in [-0.2, -0.15) is 0 Å². The normalized spacial score (nSPS) is 18.6. The average Bonchev–Trinajstić information content (AvgIpc) is 1.11. The smallest absolute Gasteiger partial charge is 0.306 e. The zero-order valence-electron chi connectivity index (χ0n) is 58.0. The molecule has 0 radical (unpaired) electrons. The summed E-state index contributed by atoms with van der Waals surface area (Å²) in [4.78, 5) is 26.7. The molecular formula is C79H139NO10. The number of allylic oxidation sites excluding steroid dienone is 15. The van der Waals surface area contributed by atoms with E-state index < -0.39 is 67.4 Å². The van der Waals surface area contributed by atoms with E-state index in [1.165, 1.54) is 180 Å². The molecule has 0 bridgehead atoms. The highest BCUT2D eigenvalue weighted by molar-refractivity contribution is 5.80. The van der Waals surface area contributed by atoms with Crippen LogP contribution in [0.3, 0.4) is 0 Å². The van der Waals surface area contributed by atoms with Crippen LogP contribution in [0.2, 0.25) is 0 Å². The van der Waals surface area contributed by atoms with E-state index in [1.807, 2.05) is 6.08 Å². The van der Waals surface area contributed by atoms with Gasteiger partial charge in [0.1, 0.15) is 24.4 Å². The van der Waals surface area contributed by atoms with E-state index in [-0.39, 0.29) is 19.4 Å². The Hall–Kier alpha value is -3.42. The molecular weight excluding hydrogens is 1120 g/mol. The standard InChI is InChI=1S/C79H139NO10/c1-4-7-10-13-16-19-22-25-27-29-31-33-35-36-37-39-40-42-44-46-48-51-54-57-60-63-66-72(83)78(87)80-70(71(82)65-62-59-56-53-50-24-21-18-15-12-9-6-3)69-88-79-77(76(86)75(85)73(68-81)89-79)90-74(84)67-64-61-58-55-52-49-47-45-43-41-38-34-32-30-28-26-23-20-17-14-11-8-5-2/h16-17,19-20,25-28,31-34,36-37,62,65,70-73,75-77,79,81-83,85-86H,4-15,18,21-24,29-30,35,38-61,63-64,66-69H2,1-3H3,(H,80,87)/b19-16-,20-17-,27-25-,28-26-,33-31-,34-32-,37-36-,65-62+. The second-order valence-electron chi connectivity index (χ2n) is 25.7. The number of rotatable bonds is 64. The van der Waals surface area contributed by atoms with Gasteiger partial charge in [-0.1, -0.05) is 311 Å². The van der Waals surface area contributed by atoms with Crippen LogP contribution in [0.15, 0.2) is 97.2 Å². The lowest BCUT2D eigenvalue weighted by Crippen LogP contribution is -2.61. The summed E-state index contributed by atoms with van der Waals surface area (Å²) < 4.78 is 17.7. The summed E-state index contributed by atoms with van der Waals surface area (Å²) in [6.07, 6.45) is 78.7. The molecule has 1 rings (SSSR count). The van der Waals surface area contributed by atoms with Crippen molar-refractivity contribution in [2.45, 2.75) is 378 Å². The summed E-state index contributed by atoms with van der Waals surface area (Å²) in [6, 6.07) is -1.03. The Balaban J connectivity index is 2.55. The van der Waals surface area contributed by atoms with Crippen LogP contribution in [0.5, 0.6) is 0 Å². The van der Waals surface area contributed by atoms with E-state index in [0.29, 0.717) is 12.8 Å². The number of aliphatic hydroxyl groups excluding tert-OH is 5. The van der Waals surface area contributed by atoms with Gasteiger partial charge in [0.25, 0.3) is 0 Å². The number of carbonyl (C=O) groups excluding carboxylic acids is 2. The second kappa shape index (κ2) is 65.6. The molecule has 1 amide bonds. The van der Waals surface area contributed by atoms with Crippen molar-refractivity contribution in [1.82, 2.24) is 5.32 Å². The third-order valence-electron chi connectivity index (χ3n) is 17.2. The number of carbonyl (C=O) groups is 2. The number of amides is 1. The fourth-order valence-corrected chi connectivity index (χ4v) is 11.3. The number of ether oxygens (including phenoxy) is 3. The molecule has 11 heteroatoms. The minimum Gasteiger partial charge on any atom is -0.454 e. The molecule has 1 saturated heterocycles. The predicted octanol–water partition coefficient (Wildman–Crippen LogP) is 19.8. The molecule has 1 heterocycles. The summed E-state index contributed by atoms with van der Waals surface area (Å²) >= 11 is 0. The molecule has 0 aromatic heterocycles. The fourth-order valence-electron chi connectivity index (χ4n) is 11.3. The van der Waals surface area contributed by atoms with E-state index in [2.05, 4.69) is 111 Å². The topological polar surface area (TPSA) is 175 Å². The van der Waals surface area contributed by atoms with Crippen molar-refractivity contribution >= 4 is 11.9 Å². The first kappa shape index (κ1) is 84.6. The Morgan fingerprint density at radius 2 is 0.767 bits per heavy atom. The quantitative estimate of drug-likeness (QED) is 0.0195. The Bertz CT molecular complexity index is 1840. The van der Waals surface area contributed by atoms with E-state index in [4.69, 9.17) is 14.2 Å². The monoisotopic (exact) mass is 1260 g/mol. The summed E-state index contributed by atoms with van der Waals surface area (Å²) in [5.74, 6) is -1.20. The number of nitrogens with one attached hydrogen (secondary N) is 1. The molecule has 1 aliphatic heterocycles. The maximum Gasteiger partial charge on any atom is 0.306 e. The molecule has 8 unspecified atom stereocenters. The summed E-state index contributed by atoms with van der Waals surface area (Å²) in [6.45, 7) is 5.76. The highest BCUT2D eigenvalue weighted by Gasteiger charge is 2.47. The van der Waals surface area contributed by atoms with Crippen molar-refractivity contribution in [3.63, 3.8) is 0 Å². The SMILES string of the molecule is CCCCC/C=C\C/C=C\C/C=C\C/C=C\CCCCCCCCCCCCC(O)C(=O)NC(COC1OC(CO)C(O)C(O)C1OC(=O)CCCCCCCCCCCC/C=C\C/C=C\C/C=C\CCCCC)C(O)/C=C/CCCCCCCCCCCC. The molecule has 0 aromatic carbocycles. The van der Waals surface area contributed by atoms with Crippen molar-refractivity contribution in [1.29, 1.82) is 0 Å². The van der Waals surface area contributed by atoms with Gasteiger partial charge in [0.15, 0.2) is 12.4 Å². The third-order valence-corrected chi connectivity index (χ3v) is 17.2. The Morgan fingerprint density at radius 1 is 0.433 bits per heavy atom. The minimum atomic E-state index is -1.62. The molecule has 0 aromatic rings. The number of unbranched alkanes of at least 4 members (excludes halogenated alkanes) is 36. The van der Waals surface area contributed by atoms with Crippen molar-refractivity contribution in [3.8, 4) is 0 Å². The van der Waals surface area contributed by atoms with E-state index in [9.17, 15) is 35.1 Å². The number of esters is 1. The lowest BCUT2D eigenvalue weighted by Gasteiger charge is -2.41. The van der Waals surface area contributed by atoms with E-state index in [0.717, 1.165) is 103 Å². The van der Waals surface area contributed by atoms with Crippen LogP contribution in [0.1, 0.15) is 329 Å². The molecule has 0 saturated carbocycles. The van der Waals surface area contributed by atoms with Gasteiger partial charge in [-0.05, 0) is 109 Å². The summed E-state index contributed by atoms with van der Waals surface area (Å²) in [5.41, 5.74) is 0. The third kappa shape index (κ3) is 52.0. The van der Waals surface area contributed by atoms with Gasteiger partial charge in [-0.3, -0.25) is 9.59 Å². The second-order valence-corrected chi connectivity index (χ2v) is 25.7. The Labute approximate surface area is 552 Å². The zero-order valence-corrected chi connectivity index (χ0v) is 58.0. The predicted molar refractivity (Wildman–Crippen MR) is 379 cm³/mol. The number of hydrogen-bond acceptors (Lipinski definition) is 10. The first-order chi connectivity index (χ1) is 44.2. The van der Waals surface area contributed by atoms with Crippen LogP contribution in [-0.4, -0.2) is 99.6 Å². The number of hydrogen-bond donors (Lipinski definition) is 6. The van der Waals surface area contributed by atoms with Crippen LogP contribution < -0.4 is 5.32 Å². The van der Waals surface area contributed by atoms with Crippen LogP contribution in [0.4, 0.5) is 0 Å². The number of aliphatic hydroxyl groups is 5. The van der Waals surface area contributed by atoms with Gasteiger partial charge in [-0.25, -0.2) is 0 Å². The van der Waals surface area contributed by atoms with Gasteiger partial charge in [0.2, 0.25) is 5.91 Å². The zero-order chi connectivity index (χ0) is 65.3. The highest BCUT2D eigenvalue weighted by Crippen LogP contribution is 2.26. The van der Waals surface area contributed by atoms with Crippen LogP contribution >= 0.6 is 0 Å². The van der Waals surface area contributed by atoms with Gasteiger partial charge in [0.05, 0.1) is 25.4 Å². The van der Waals surface area contributed by atoms with E-state index >= 15 is 0 Å². The van der Waals surface area contributed by atoms with Gasteiger partial charge in [0, 0.05) is 6.42 Å². The molecule has 8 atom stereocenters. The van der Waals surface area contributed by atoms with Gasteiger partial charge >= 0.3 is 5.97 Å². The molecule has 11 nitrogen and oxygen atoms in total. The largest absolute Gasteiger partial charge is 0.454 e. The maximum absolute atomic E-state index is 13.5. The Kier molecular flexibility index (Phi) is 61.7.